The number of piperazine rings is 1. The quantitative estimate of drug-likeness (QED) is 0.859. The molecule has 5 nitrogen and oxygen atoms in total. The molecule has 0 unspecified atom stereocenters. The van der Waals surface area contributed by atoms with Crippen LogP contribution in [0.3, 0.4) is 0 Å². The van der Waals surface area contributed by atoms with Crippen LogP contribution in [0.4, 0.5) is 0 Å². The zero-order valence-corrected chi connectivity index (χ0v) is 14.7. The van der Waals surface area contributed by atoms with Gasteiger partial charge in [0.2, 0.25) is 11.8 Å². The van der Waals surface area contributed by atoms with Gasteiger partial charge in [0.1, 0.15) is 6.04 Å². The molecular formula is C20H23N3O2. The average molecular weight is 337 g/mol. The summed E-state index contributed by atoms with van der Waals surface area (Å²) in [5, 5.41) is 0. The van der Waals surface area contributed by atoms with Crippen molar-refractivity contribution in [1.82, 2.24) is 14.8 Å². The molecule has 0 bridgehead atoms. The molecule has 0 aliphatic carbocycles. The molecule has 0 spiro atoms. The minimum absolute atomic E-state index is 0.00675. The Hall–Kier alpha value is -2.69. The second kappa shape index (κ2) is 7.47. The Bertz CT molecular complexity index is 761. The molecule has 1 aromatic carbocycles. The zero-order valence-electron chi connectivity index (χ0n) is 14.7. The van der Waals surface area contributed by atoms with Crippen molar-refractivity contribution in [2.75, 3.05) is 13.1 Å². The second-order valence-electron chi connectivity index (χ2n) is 6.55. The van der Waals surface area contributed by atoms with Crippen molar-refractivity contribution in [1.29, 1.82) is 0 Å². The van der Waals surface area contributed by atoms with Crippen LogP contribution in [0.25, 0.3) is 0 Å². The molecular weight excluding hydrogens is 314 g/mol. The normalized spacial score (nSPS) is 17.7. The maximum absolute atomic E-state index is 12.7. The number of carbonyl (C=O) groups excluding carboxylic acids is 2. The fraction of sp³-hybridized carbons (Fsp3) is 0.350. The number of aromatic nitrogens is 1. The van der Waals surface area contributed by atoms with Gasteiger partial charge >= 0.3 is 0 Å². The summed E-state index contributed by atoms with van der Waals surface area (Å²) in [6, 6.07) is 11.4. The summed E-state index contributed by atoms with van der Waals surface area (Å²) < 4.78 is 0. The van der Waals surface area contributed by atoms with Gasteiger partial charge < -0.3 is 9.80 Å². The van der Waals surface area contributed by atoms with E-state index in [1.807, 2.05) is 49.1 Å². The molecule has 2 heterocycles. The SMILES string of the molecule is Cc1cccc(CN2CCN(C(=O)Cc3cccnc3)[C@@H](C)C2=O)c1. The number of nitrogens with zero attached hydrogens (tertiary/aromatic N) is 3. The van der Waals surface area contributed by atoms with Gasteiger partial charge in [-0.15, -0.1) is 0 Å². The Morgan fingerprint density at radius 3 is 2.72 bits per heavy atom. The lowest BCUT2D eigenvalue weighted by Gasteiger charge is -2.39. The first-order valence-corrected chi connectivity index (χ1v) is 8.57. The fourth-order valence-electron chi connectivity index (χ4n) is 3.24. The van der Waals surface area contributed by atoms with Gasteiger partial charge in [-0.05, 0) is 31.0 Å². The van der Waals surface area contributed by atoms with Gasteiger partial charge in [-0.25, -0.2) is 0 Å². The highest BCUT2D eigenvalue weighted by Gasteiger charge is 2.34. The van der Waals surface area contributed by atoms with E-state index in [0.717, 1.165) is 11.1 Å². The summed E-state index contributed by atoms with van der Waals surface area (Å²) >= 11 is 0. The van der Waals surface area contributed by atoms with Crippen molar-refractivity contribution in [2.24, 2.45) is 0 Å². The first kappa shape index (κ1) is 17.1. The summed E-state index contributed by atoms with van der Waals surface area (Å²) in [7, 11) is 0. The summed E-state index contributed by atoms with van der Waals surface area (Å²) in [5.74, 6) is -0.0173. The van der Waals surface area contributed by atoms with Crippen LogP contribution in [0.5, 0.6) is 0 Å². The number of amides is 2. The van der Waals surface area contributed by atoms with Gasteiger partial charge in [0, 0.05) is 32.0 Å². The summed E-state index contributed by atoms with van der Waals surface area (Å²) in [6.45, 7) is 5.58. The van der Waals surface area contributed by atoms with Crippen LogP contribution in [0, 0.1) is 6.92 Å². The Kier molecular flexibility index (Phi) is 5.12. The lowest BCUT2D eigenvalue weighted by Crippen LogP contribution is -2.57. The molecule has 1 aromatic heterocycles. The molecule has 1 aliphatic heterocycles. The van der Waals surface area contributed by atoms with Gasteiger partial charge in [0.25, 0.3) is 0 Å². The minimum atomic E-state index is -0.428. The third-order valence-electron chi connectivity index (χ3n) is 4.60. The Morgan fingerprint density at radius 2 is 2.00 bits per heavy atom. The number of aryl methyl sites for hydroxylation is 1. The van der Waals surface area contributed by atoms with Crippen molar-refractivity contribution in [3.8, 4) is 0 Å². The number of carbonyl (C=O) groups is 2. The number of hydrogen-bond donors (Lipinski definition) is 0. The molecule has 2 amide bonds. The highest BCUT2D eigenvalue weighted by atomic mass is 16.2. The molecule has 2 aromatic rings. The van der Waals surface area contributed by atoms with E-state index in [1.165, 1.54) is 5.56 Å². The highest BCUT2D eigenvalue weighted by molar-refractivity contribution is 5.89. The molecule has 0 N–H and O–H groups in total. The van der Waals surface area contributed by atoms with Crippen LogP contribution < -0.4 is 0 Å². The predicted octanol–water partition coefficient (Wildman–Crippen LogP) is 2.19. The highest BCUT2D eigenvalue weighted by Crippen LogP contribution is 2.16. The molecule has 5 heteroatoms. The van der Waals surface area contributed by atoms with E-state index in [1.54, 1.807) is 17.3 Å². The molecule has 0 radical (unpaired) electrons. The number of benzene rings is 1. The van der Waals surface area contributed by atoms with Crippen LogP contribution in [0.2, 0.25) is 0 Å². The topological polar surface area (TPSA) is 53.5 Å². The van der Waals surface area contributed by atoms with E-state index in [4.69, 9.17) is 0 Å². The minimum Gasteiger partial charge on any atom is -0.335 e. The maximum atomic E-state index is 12.7. The van der Waals surface area contributed by atoms with Crippen LogP contribution >= 0.6 is 0 Å². The molecule has 25 heavy (non-hydrogen) atoms. The number of hydrogen-bond acceptors (Lipinski definition) is 3. The van der Waals surface area contributed by atoms with Crippen molar-refractivity contribution >= 4 is 11.8 Å². The van der Waals surface area contributed by atoms with Crippen LogP contribution in [-0.4, -0.2) is 45.7 Å². The average Bonchev–Trinajstić information content (AvgIpc) is 2.60. The molecule has 1 atom stereocenters. The van der Waals surface area contributed by atoms with Gasteiger partial charge in [0.15, 0.2) is 0 Å². The monoisotopic (exact) mass is 337 g/mol. The third-order valence-corrected chi connectivity index (χ3v) is 4.60. The maximum Gasteiger partial charge on any atom is 0.245 e. The third kappa shape index (κ3) is 4.05. The summed E-state index contributed by atoms with van der Waals surface area (Å²) in [5.41, 5.74) is 3.17. The van der Waals surface area contributed by atoms with E-state index in [-0.39, 0.29) is 18.2 Å². The van der Waals surface area contributed by atoms with Gasteiger partial charge in [-0.3, -0.25) is 14.6 Å². The molecule has 0 saturated carbocycles. The van der Waals surface area contributed by atoms with Gasteiger partial charge in [-0.2, -0.15) is 0 Å². The standard InChI is InChI=1S/C20H23N3O2/c1-15-5-3-6-18(11-15)14-22-9-10-23(16(2)20(22)25)19(24)12-17-7-4-8-21-13-17/h3-8,11,13,16H,9-10,12,14H2,1-2H3/t16-/m0/s1. The zero-order chi connectivity index (χ0) is 17.8. The van der Waals surface area contributed by atoms with Crippen LogP contribution in [0.1, 0.15) is 23.6 Å². The molecule has 130 valence electrons. The van der Waals surface area contributed by atoms with E-state index in [9.17, 15) is 9.59 Å². The first-order chi connectivity index (χ1) is 12.0. The second-order valence-corrected chi connectivity index (χ2v) is 6.55. The largest absolute Gasteiger partial charge is 0.335 e. The lowest BCUT2D eigenvalue weighted by molar-refractivity contribution is -0.150. The van der Waals surface area contributed by atoms with Crippen molar-refractivity contribution in [2.45, 2.75) is 32.9 Å². The van der Waals surface area contributed by atoms with Crippen molar-refractivity contribution < 1.29 is 9.59 Å². The molecule has 1 aliphatic rings. The van der Waals surface area contributed by atoms with E-state index in [0.29, 0.717) is 19.6 Å². The van der Waals surface area contributed by atoms with Crippen LogP contribution in [0.15, 0.2) is 48.8 Å². The predicted molar refractivity (Wildman–Crippen MR) is 95.7 cm³/mol. The summed E-state index contributed by atoms with van der Waals surface area (Å²) in [4.78, 5) is 32.8. The van der Waals surface area contributed by atoms with Crippen molar-refractivity contribution in [3.05, 3.63) is 65.5 Å². The Balaban J connectivity index is 1.64. The molecule has 1 fully saturated rings. The molecule has 3 rings (SSSR count). The van der Waals surface area contributed by atoms with Crippen molar-refractivity contribution in [3.63, 3.8) is 0 Å². The van der Waals surface area contributed by atoms with Gasteiger partial charge in [-0.1, -0.05) is 35.9 Å². The fourth-order valence-corrected chi connectivity index (χ4v) is 3.24. The molecule has 1 saturated heterocycles. The smallest absolute Gasteiger partial charge is 0.245 e. The van der Waals surface area contributed by atoms with E-state index in [2.05, 4.69) is 11.1 Å². The lowest BCUT2D eigenvalue weighted by atomic mass is 10.1. The summed E-state index contributed by atoms with van der Waals surface area (Å²) in [6.07, 6.45) is 3.66. The Labute approximate surface area is 148 Å². The van der Waals surface area contributed by atoms with E-state index >= 15 is 0 Å². The first-order valence-electron chi connectivity index (χ1n) is 8.57. The number of pyridine rings is 1. The number of rotatable bonds is 4. The Morgan fingerprint density at radius 1 is 1.20 bits per heavy atom. The van der Waals surface area contributed by atoms with Gasteiger partial charge in [0.05, 0.1) is 6.42 Å². The van der Waals surface area contributed by atoms with Crippen LogP contribution in [-0.2, 0) is 22.6 Å². The van der Waals surface area contributed by atoms with E-state index < -0.39 is 6.04 Å².